The Morgan fingerprint density at radius 3 is 2.63 bits per heavy atom. The highest BCUT2D eigenvalue weighted by atomic mass is 35.5. The highest BCUT2D eigenvalue weighted by molar-refractivity contribution is 6.31. The van der Waals surface area contributed by atoms with Crippen molar-refractivity contribution in [3.8, 4) is 0 Å². The second kappa shape index (κ2) is 10.5. The molecule has 1 aromatic heterocycles. The first-order valence-electron chi connectivity index (χ1n) is 9.66. The fourth-order valence-corrected chi connectivity index (χ4v) is 3.46. The summed E-state index contributed by atoms with van der Waals surface area (Å²) in [4.78, 5) is 14.7. The van der Waals surface area contributed by atoms with Gasteiger partial charge in [0.2, 0.25) is 0 Å². The third-order valence-electron chi connectivity index (χ3n) is 4.85. The molecule has 0 atom stereocenters. The predicted octanol–water partition coefficient (Wildman–Crippen LogP) is 5.83. The Morgan fingerprint density at radius 1 is 1.10 bits per heavy atom. The number of nitrogens with one attached hydrogen (secondary N) is 1. The van der Waals surface area contributed by atoms with E-state index in [2.05, 4.69) is 9.88 Å². The Bertz CT molecular complexity index is 1000. The van der Waals surface area contributed by atoms with Crippen molar-refractivity contribution in [3.63, 3.8) is 0 Å². The number of methoxy groups -OCH3 is 1. The lowest BCUT2D eigenvalue weighted by Gasteiger charge is -2.24. The molecule has 2 aromatic carbocycles. The van der Waals surface area contributed by atoms with Crippen molar-refractivity contribution in [1.82, 2.24) is 9.47 Å². The van der Waals surface area contributed by atoms with Gasteiger partial charge in [-0.1, -0.05) is 47.5 Å². The molecule has 1 heterocycles. The van der Waals surface area contributed by atoms with E-state index < -0.39 is 0 Å². The first-order chi connectivity index (χ1) is 14.5. The lowest BCUT2D eigenvalue weighted by atomic mass is 10.2. The smallest absolute Gasteiger partial charge is 0.322 e. The molecule has 0 fully saturated rings. The van der Waals surface area contributed by atoms with Gasteiger partial charge in [-0.05, 0) is 48.4 Å². The number of hydrogen-bond acceptors (Lipinski definition) is 2. The van der Waals surface area contributed by atoms with Crippen LogP contribution in [0.25, 0.3) is 0 Å². The lowest BCUT2D eigenvalue weighted by molar-refractivity contribution is 0.152. The van der Waals surface area contributed by atoms with E-state index in [0.29, 0.717) is 37.0 Å². The van der Waals surface area contributed by atoms with Crippen LogP contribution >= 0.6 is 23.2 Å². The Balaban J connectivity index is 1.75. The first-order valence-corrected chi connectivity index (χ1v) is 10.4. The van der Waals surface area contributed by atoms with Gasteiger partial charge < -0.3 is 19.5 Å². The Morgan fingerprint density at radius 2 is 1.90 bits per heavy atom. The molecule has 0 unspecified atom stereocenters. The number of hydrogen-bond donors (Lipinski definition) is 1. The zero-order chi connectivity index (χ0) is 21.5. The largest absolute Gasteiger partial charge is 0.383 e. The van der Waals surface area contributed by atoms with Gasteiger partial charge in [-0.15, -0.1) is 0 Å². The van der Waals surface area contributed by atoms with Crippen LogP contribution in [0.15, 0.2) is 60.8 Å². The number of benzene rings is 2. The van der Waals surface area contributed by atoms with Crippen LogP contribution < -0.4 is 5.32 Å². The second-order valence-corrected chi connectivity index (χ2v) is 7.84. The molecule has 0 aliphatic heterocycles. The minimum Gasteiger partial charge on any atom is -0.383 e. The summed E-state index contributed by atoms with van der Waals surface area (Å²) in [7, 11) is 1.62. The number of aryl methyl sites for hydroxylation is 1. The van der Waals surface area contributed by atoms with Crippen LogP contribution in [0.2, 0.25) is 10.0 Å². The number of nitrogens with zero attached hydrogens (tertiary/aromatic N) is 2. The van der Waals surface area contributed by atoms with Crippen LogP contribution in [0.1, 0.15) is 16.8 Å². The number of carbonyl (C=O) groups excluding carboxylic acids is 1. The number of carbonyl (C=O) groups is 1. The maximum absolute atomic E-state index is 13.0. The van der Waals surface area contributed by atoms with E-state index in [0.717, 1.165) is 21.8 Å². The van der Waals surface area contributed by atoms with E-state index in [-0.39, 0.29) is 6.03 Å². The van der Waals surface area contributed by atoms with Gasteiger partial charge in [-0.3, -0.25) is 0 Å². The average molecular weight is 446 g/mol. The van der Waals surface area contributed by atoms with Crippen LogP contribution in [-0.2, 0) is 17.8 Å². The molecule has 158 valence electrons. The zero-order valence-electron chi connectivity index (χ0n) is 17.1. The normalized spacial score (nSPS) is 10.8. The highest BCUT2D eigenvalue weighted by Crippen LogP contribution is 2.21. The maximum atomic E-state index is 13.0. The number of urea groups is 1. The van der Waals surface area contributed by atoms with Gasteiger partial charge in [-0.25, -0.2) is 4.79 Å². The van der Waals surface area contributed by atoms with Gasteiger partial charge in [0.1, 0.15) is 0 Å². The molecule has 0 aliphatic carbocycles. The SMILES string of the molecule is COCCN(Cc1cccn1Cc1ccccc1Cl)C(=O)Nc1ccc(C)c(Cl)c1. The van der Waals surface area contributed by atoms with Gasteiger partial charge in [-0.2, -0.15) is 0 Å². The van der Waals surface area contributed by atoms with Crippen molar-refractivity contribution in [2.45, 2.75) is 20.0 Å². The topological polar surface area (TPSA) is 46.5 Å². The van der Waals surface area contributed by atoms with E-state index >= 15 is 0 Å². The van der Waals surface area contributed by atoms with Crippen LogP contribution in [0.5, 0.6) is 0 Å². The summed E-state index contributed by atoms with van der Waals surface area (Å²) >= 11 is 12.5. The van der Waals surface area contributed by atoms with E-state index in [1.807, 2.05) is 61.7 Å². The Labute approximate surface area is 187 Å². The molecule has 0 saturated heterocycles. The van der Waals surface area contributed by atoms with Crippen LogP contribution in [0, 0.1) is 6.92 Å². The maximum Gasteiger partial charge on any atom is 0.322 e. The van der Waals surface area contributed by atoms with Crippen LogP contribution in [0.4, 0.5) is 10.5 Å². The molecule has 0 radical (unpaired) electrons. The minimum atomic E-state index is -0.211. The number of halogens is 2. The monoisotopic (exact) mass is 445 g/mol. The summed E-state index contributed by atoms with van der Waals surface area (Å²) < 4.78 is 7.30. The molecule has 0 spiro atoms. The van der Waals surface area contributed by atoms with E-state index in [4.69, 9.17) is 27.9 Å². The molecule has 2 amide bonds. The lowest BCUT2D eigenvalue weighted by Crippen LogP contribution is -2.37. The van der Waals surface area contributed by atoms with Gasteiger partial charge in [0.15, 0.2) is 0 Å². The Hall–Kier alpha value is -2.47. The number of amides is 2. The quantitative estimate of drug-likeness (QED) is 0.473. The predicted molar refractivity (Wildman–Crippen MR) is 122 cm³/mol. The fraction of sp³-hybridized carbons (Fsp3) is 0.261. The van der Waals surface area contributed by atoms with Crippen molar-refractivity contribution in [2.75, 3.05) is 25.6 Å². The molecule has 3 rings (SSSR count). The number of anilines is 1. The minimum absolute atomic E-state index is 0.211. The fourth-order valence-electron chi connectivity index (χ4n) is 3.08. The molecule has 7 heteroatoms. The number of aromatic nitrogens is 1. The molecular weight excluding hydrogens is 421 g/mol. The Kier molecular flexibility index (Phi) is 7.80. The zero-order valence-corrected chi connectivity index (χ0v) is 18.6. The molecule has 1 N–H and O–H groups in total. The van der Waals surface area contributed by atoms with Crippen LogP contribution in [0.3, 0.4) is 0 Å². The first kappa shape index (κ1) is 22.2. The molecule has 0 bridgehead atoms. The molecular formula is C23H25Cl2N3O2. The number of ether oxygens (including phenoxy) is 1. The molecule has 0 aliphatic rings. The van der Waals surface area contributed by atoms with E-state index in [1.54, 1.807) is 18.1 Å². The van der Waals surface area contributed by atoms with Crippen molar-refractivity contribution < 1.29 is 9.53 Å². The van der Waals surface area contributed by atoms with E-state index in [1.165, 1.54) is 0 Å². The van der Waals surface area contributed by atoms with Gasteiger partial charge in [0, 0.05) is 47.8 Å². The van der Waals surface area contributed by atoms with Crippen molar-refractivity contribution >= 4 is 34.9 Å². The summed E-state index contributed by atoms with van der Waals surface area (Å²) in [6.07, 6.45) is 1.99. The highest BCUT2D eigenvalue weighted by Gasteiger charge is 2.16. The summed E-state index contributed by atoms with van der Waals surface area (Å²) in [5.41, 5.74) is 3.65. The third-order valence-corrected chi connectivity index (χ3v) is 5.63. The summed E-state index contributed by atoms with van der Waals surface area (Å²) in [6, 6.07) is 17.0. The van der Waals surface area contributed by atoms with E-state index in [9.17, 15) is 4.79 Å². The second-order valence-electron chi connectivity index (χ2n) is 7.03. The third kappa shape index (κ3) is 5.79. The molecule has 0 saturated carbocycles. The summed E-state index contributed by atoms with van der Waals surface area (Å²) in [6.45, 7) is 3.89. The average Bonchev–Trinajstić information content (AvgIpc) is 3.16. The van der Waals surface area contributed by atoms with Crippen LogP contribution in [-0.4, -0.2) is 35.8 Å². The molecule has 30 heavy (non-hydrogen) atoms. The van der Waals surface area contributed by atoms with Crippen molar-refractivity contribution in [3.05, 3.63) is 87.7 Å². The summed E-state index contributed by atoms with van der Waals surface area (Å²) in [5.74, 6) is 0. The van der Waals surface area contributed by atoms with Gasteiger partial charge in [0.05, 0.1) is 13.2 Å². The van der Waals surface area contributed by atoms with Gasteiger partial charge >= 0.3 is 6.03 Å². The van der Waals surface area contributed by atoms with Crippen molar-refractivity contribution in [2.24, 2.45) is 0 Å². The molecule has 5 nitrogen and oxygen atoms in total. The standard InChI is InChI=1S/C23H25Cl2N3O2/c1-17-9-10-19(14-22(17)25)26-23(29)28(12-13-30-2)16-20-7-5-11-27(20)15-18-6-3-4-8-21(18)24/h3-11,14H,12-13,15-16H2,1-2H3,(H,26,29). The summed E-state index contributed by atoms with van der Waals surface area (Å²) in [5, 5.41) is 4.27. The van der Waals surface area contributed by atoms with Gasteiger partial charge in [0.25, 0.3) is 0 Å². The van der Waals surface area contributed by atoms with Crippen molar-refractivity contribution in [1.29, 1.82) is 0 Å². The number of rotatable bonds is 8. The molecule has 3 aromatic rings.